The number of halogens is 1. The van der Waals surface area contributed by atoms with Gasteiger partial charge in [0.15, 0.2) is 11.9 Å². The van der Waals surface area contributed by atoms with Crippen LogP contribution in [0.25, 0.3) is 0 Å². The van der Waals surface area contributed by atoms with Gasteiger partial charge in [-0.25, -0.2) is 0 Å². The summed E-state index contributed by atoms with van der Waals surface area (Å²) in [5.74, 6) is 0.992. The SMILES string of the molecule is [O-][n+]1cccc(Oc2ccccc2Cl)c1. The highest BCUT2D eigenvalue weighted by Crippen LogP contribution is 2.27. The third kappa shape index (κ3) is 2.39. The minimum Gasteiger partial charge on any atom is -0.619 e. The van der Waals surface area contributed by atoms with Crippen LogP contribution in [0.15, 0.2) is 48.8 Å². The van der Waals surface area contributed by atoms with Crippen LogP contribution in [0.3, 0.4) is 0 Å². The summed E-state index contributed by atoms with van der Waals surface area (Å²) in [4.78, 5) is 0. The van der Waals surface area contributed by atoms with E-state index in [0.717, 1.165) is 0 Å². The monoisotopic (exact) mass is 221 g/mol. The number of rotatable bonds is 2. The molecule has 0 N–H and O–H groups in total. The highest BCUT2D eigenvalue weighted by Gasteiger charge is 2.03. The molecule has 1 aromatic carbocycles. The van der Waals surface area contributed by atoms with Crippen molar-refractivity contribution in [3.05, 3.63) is 59.0 Å². The maximum atomic E-state index is 11.0. The lowest BCUT2D eigenvalue weighted by atomic mass is 10.3. The molecule has 0 amide bonds. The molecule has 1 heterocycles. The van der Waals surface area contributed by atoms with Gasteiger partial charge in [-0.2, -0.15) is 4.73 Å². The van der Waals surface area contributed by atoms with Crippen molar-refractivity contribution >= 4 is 11.6 Å². The quantitative estimate of drug-likeness (QED) is 0.578. The van der Waals surface area contributed by atoms with Crippen molar-refractivity contribution in [1.82, 2.24) is 0 Å². The first-order chi connectivity index (χ1) is 7.25. The van der Waals surface area contributed by atoms with E-state index < -0.39 is 0 Å². The van der Waals surface area contributed by atoms with Crippen molar-refractivity contribution in [2.45, 2.75) is 0 Å². The van der Waals surface area contributed by atoms with E-state index in [2.05, 4.69) is 0 Å². The fourth-order valence-electron chi connectivity index (χ4n) is 1.15. The summed E-state index contributed by atoms with van der Waals surface area (Å²) in [6.07, 6.45) is 2.72. The van der Waals surface area contributed by atoms with Crippen molar-refractivity contribution in [3.63, 3.8) is 0 Å². The average molecular weight is 222 g/mol. The maximum Gasteiger partial charge on any atom is 0.223 e. The Kier molecular flexibility index (Phi) is 2.74. The van der Waals surface area contributed by atoms with Crippen LogP contribution in [-0.2, 0) is 0 Å². The van der Waals surface area contributed by atoms with Crippen LogP contribution in [0.1, 0.15) is 0 Å². The van der Waals surface area contributed by atoms with Gasteiger partial charge in [-0.05, 0) is 18.2 Å². The summed E-state index contributed by atoms with van der Waals surface area (Å²) in [5, 5.41) is 11.5. The smallest absolute Gasteiger partial charge is 0.223 e. The Labute approximate surface area is 92.1 Å². The summed E-state index contributed by atoms with van der Waals surface area (Å²) in [5.41, 5.74) is 0. The molecule has 0 fully saturated rings. The first-order valence-electron chi connectivity index (χ1n) is 4.37. The number of ether oxygens (including phenoxy) is 1. The molecule has 0 unspecified atom stereocenters. The number of hydrogen-bond donors (Lipinski definition) is 0. The van der Waals surface area contributed by atoms with Gasteiger partial charge in [0.2, 0.25) is 6.20 Å². The third-order valence-corrected chi connectivity index (χ3v) is 2.12. The fourth-order valence-corrected chi connectivity index (χ4v) is 1.32. The van der Waals surface area contributed by atoms with Gasteiger partial charge in [0.25, 0.3) is 0 Å². The number of para-hydroxylation sites is 1. The van der Waals surface area contributed by atoms with Gasteiger partial charge in [0, 0.05) is 6.07 Å². The Bertz CT molecular complexity index is 474. The average Bonchev–Trinajstić information content (AvgIpc) is 2.22. The Morgan fingerprint density at radius 1 is 1.13 bits per heavy atom. The summed E-state index contributed by atoms with van der Waals surface area (Å²) >= 11 is 5.90. The number of aromatic nitrogens is 1. The molecule has 0 saturated heterocycles. The van der Waals surface area contributed by atoms with E-state index in [1.807, 2.05) is 12.1 Å². The lowest BCUT2D eigenvalue weighted by Gasteiger charge is -2.05. The molecule has 0 spiro atoms. The summed E-state index contributed by atoms with van der Waals surface area (Å²) < 4.78 is 6.11. The number of benzene rings is 1. The van der Waals surface area contributed by atoms with E-state index in [1.165, 1.54) is 12.4 Å². The van der Waals surface area contributed by atoms with Gasteiger partial charge in [0.1, 0.15) is 5.75 Å². The number of nitrogens with zero attached hydrogens (tertiary/aromatic N) is 1. The van der Waals surface area contributed by atoms with Crippen LogP contribution >= 0.6 is 11.6 Å². The van der Waals surface area contributed by atoms with Crippen molar-refractivity contribution in [2.75, 3.05) is 0 Å². The molecule has 76 valence electrons. The Hall–Kier alpha value is -1.74. The van der Waals surface area contributed by atoms with E-state index in [0.29, 0.717) is 21.3 Å². The Morgan fingerprint density at radius 3 is 2.67 bits per heavy atom. The van der Waals surface area contributed by atoms with E-state index in [1.54, 1.807) is 24.3 Å². The molecule has 2 aromatic rings. The van der Waals surface area contributed by atoms with Crippen LogP contribution in [0, 0.1) is 5.21 Å². The van der Waals surface area contributed by atoms with Crippen LogP contribution in [-0.4, -0.2) is 0 Å². The third-order valence-electron chi connectivity index (χ3n) is 1.81. The number of pyridine rings is 1. The summed E-state index contributed by atoms with van der Waals surface area (Å²) in [6.45, 7) is 0. The molecule has 4 heteroatoms. The number of hydrogen-bond acceptors (Lipinski definition) is 2. The molecule has 15 heavy (non-hydrogen) atoms. The van der Waals surface area contributed by atoms with Crippen LogP contribution in [0.4, 0.5) is 0 Å². The minimum absolute atomic E-state index is 0.459. The molecule has 0 aliphatic carbocycles. The molecule has 0 aliphatic rings. The predicted octanol–water partition coefficient (Wildman–Crippen LogP) is 2.77. The molecular weight excluding hydrogens is 214 g/mol. The molecule has 0 aliphatic heterocycles. The highest BCUT2D eigenvalue weighted by atomic mass is 35.5. The van der Waals surface area contributed by atoms with Crippen LogP contribution in [0.5, 0.6) is 11.5 Å². The lowest BCUT2D eigenvalue weighted by Crippen LogP contribution is -2.23. The molecule has 2 rings (SSSR count). The molecule has 0 bridgehead atoms. The first-order valence-corrected chi connectivity index (χ1v) is 4.75. The van der Waals surface area contributed by atoms with E-state index in [4.69, 9.17) is 16.3 Å². The molecule has 0 saturated carbocycles. The van der Waals surface area contributed by atoms with Crippen LogP contribution in [0.2, 0.25) is 5.02 Å². The van der Waals surface area contributed by atoms with Gasteiger partial charge < -0.3 is 9.94 Å². The second-order valence-corrected chi connectivity index (χ2v) is 3.34. The first kappa shape index (κ1) is 9.80. The van der Waals surface area contributed by atoms with E-state index in [-0.39, 0.29) is 0 Å². The standard InChI is InChI=1S/C11H8ClNO2/c12-10-5-1-2-6-11(10)15-9-4-3-7-13(14)8-9/h1-8H. The Balaban J connectivity index is 2.26. The zero-order valence-electron chi connectivity index (χ0n) is 7.76. The fraction of sp³-hybridized carbons (Fsp3) is 0. The summed E-state index contributed by atoms with van der Waals surface area (Å²) in [7, 11) is 0. The topological polar surface area (TPSA) is 36.2 Å². The molecule has 1 aromatic heterocycles. The van der Waals surface area contributed by atoms with Crippen molar-refractivity contribution in [3.8, 4) is 11.5 Å². The minimum atomic E-state index is 0.459. The Morgan fingerprint density at radius 2 is 1.93 bits per heavy atom. The molecule has 0 radical (unpaired) electrons. The van der Waals surface area contributed by atoms with Crippen molar-refractivity contribution < 1.29 is 9.47 Å². The normalized spacial score (nSPS) is 9.93. The second-order valence-electron chi connectivity index (χ2n) is 2.93. The maximum absolute atomic E-state index is 11.0. The molecule has 0 atom stereocenters. The predicted molar refractivity (Wildman–Crippen MR) is 56.9 cm³/mol. The van der Waals surface area contributed by atoms with Crippen molar-refractivity contribution in [2.24, 2.45) is 0 Å². The van der Waals surface area contributed by atoms with Crippen molar-refractivity contribution in [1.29, 1.82) is 0 Å². The van der Waals surface area contributed by atoms with Crippen LogP contribution < -0.4 is 9.47 Å². The van der Waals surface area contributed by atoms with Gasteiger partial charge in [0.05, 0.1) is 5.02 Å². The van der Waals surface area contributed by atoms with Gasteiger partial charge in [-0.3, -0.25) is 0 Å². The van der Waals surface area contributed by atoms with Gasteiger partial charge in [-0.15, -0.1) is 0 Å². The van der Waals surface area contributed by atoms with Gasteiger partial charge >= 0.3 is 0 Å². The highest BCUT2D eigenvalue weighted by molar-refractivity contribution is 6.32. The zero-order chi connectivity index (χ0) is 10.7. The van der Waals surface area contributed by atoms with Gasteiger partial charge in [-0.1, -0.05) is 23.7 Å². The zero-order valence-corrected chi connectivity index (χ0v) is 8.52. The van der Waals surface area contributed by atoms with E-state index in [9.17, 15) is 5.21 Å². The second kappa shape index (κ2) is 4.19. The summed E-state index contributed by atoms with van der Waals surface area (Å²) in [6, 6.07) is 10.4. The largest absolute Gasteiger partial charge is 0.619 e. The molecule has 3 nitrogen and oxygen atoms in total. The van der Waals surface area contributed by atoms with E-state index >= 15 is 0 Å². The lowest BCUT2D eigenvalue weighted by molar-refractivity contribution is -0.605. The molecular formula is C11H8ClNO2.